The molecule has 0 N–H and O–H groups in total. The van der Waals surface area contributed by atoms with Crippen LogP contribution in [0.3, 0.4) is 0 Å². The highest BCUT2D eigenvalue weighted by molar-refractivity contribution is 7.26. The number of benzene rings is 6. The third-order valence-electron chi connectivity index (χ3n) is 8.27. The predicted molar refractivity (Wildman–Crippen MR) is 182 cm³/mol. The smallest absolute Gasteiger partial charge is 0.160 e. The van der Waals surface area contributed by atoms with E-state index in [2.05, 4.69) is 109 Å². The molecule has 0 saturated heterocycles. The van der Waals surface area contributed by atoms with E-state index in [1.807, 2.05) is 41.7 Å². The zero-order valence-electron chi connectivity index (χ0n) is 23.0. The molecule has 0 spiro atoms. The van der Waals surface area contributed by atoms with Crippen LogP contribution in [0.1, 0.15) is 0 Å². The first-order chi connectivity index (χ1) is 21.3. The Bertz CT molecular complexity index is 2500. The molecule has 0 bridgehead atoms. The Hall–Kier alpha value is -5.45. The Morgan fingerprint density at radius 3 is 1.72 bits per heavy atom. The molecule has 43 heavy (non-hydrogen) atoms. The van der Waals surface area contributed by atoms with Gasteiger partial charge in [0, 0.05) is 58.4 Å². The minimum atomic E-state index is 0.729. The summed E-state index contributed by atoms with van der Waals surface area (Å²) in [5.41, 5.74) is 7.01. The lowest BCUT2D eigenvalue weighted by molar-refractivity contribution is 1.23. The van der Waals surface area contributed by atoms with Crippen LogP contribution in [0.4, 0.5) is 0 Å². The Morgan fingerprint density at radius 1 is 0.349 bits per heavy atom. The Balaban J connectivity index is 1.26. The molecule has 0 aliphatic heterocycles. The van der Waals surface area contributed by atoms with Crippen molar-refractivity contribution in [1.29, 1.82) is 0 Å². The van der Waals surface area contributed by atoms with Crippen molar-refractivity contribution in [2.75, 3.05) is 0 Å². The molecule has 4 heteroatoms. The number of hydrogen-bond acceptors (Lipinski definition) is 4. The van der Waals surface area contributed by atoms with E-state index in [1.54, 1.807) is 0 Å². The minimum Gasteiger partial charge on any atom is -0.247 e. The highest BCUT2D eigenvalue weighted by atomic mass is 32.1. The second-order valence-electron chi connectivity index (χ2n) is 10.8. The van der Waals surface area contributed by atoms with E-state index < -0.39 is 0 Å². The van der Waals surface area contributed by atoms with E-state index in [9.17, 15) is 0 Å². The summed E-state index contributed by atoms with van der Waals surface area (Å²) in [5, 5.41) is 7.28. The molecule has 200 valence electrons. The van der Waals surface area contributed by atoms with Crippen LogP contribution in [0, 0.1) is 0 Å². The monoisotopic (exact) mass is 565 g/mol. The largest absolute Gasteiger partial charge is 0.247 e. The molecule has 0 unspecified atom stereocenters. The second kappa shape index (κ2) is 9.55. The van der Waals surface area contributed by atoms with Crippen molar-refractivity contribution >= 4 is 64.1 Å². The maximum Gasteiger partial charge on any atom is 0.160 e. The topological polar surface area (TPSA) is 38.7 Å². The third kappa shape index (κ3) is 3.84. The lowest BCUT2D eigenvalue weighted by atomic mass is 9.95. The standard InChI is InChI=1S/C39H23N3S/c1-2-10-26(11-3-1)39-41-32-16-8-5-13-28(32)37(42-39)24-18-20-25(21-19-24)38-30-22-23-34-36(29-14-6-9-17-33(29)43-34)35(30)27-12-4-7-15-31(27)40-38/h1-23H. The summed E-state index contributed by atoms with van der Waals surface area (Å²) >= 11 is 1.85. The number of nitrogens with zero attached hydrogens (tertiary/aromatic N) is 3. The van der Waals surface area contributed by atoms with Crippen molar-refractivity contribution in [1.82, 2.24) is 15.0 Å². The summed E-state index contributed by atoms with van der Waals surface area (Å²) in [5.74, 6) is 0.729. The molecule has 0 fully saturated rings. The fourth-order valence-corrected chi connectivity index (χ4v) is 7.39. The molecule has 6 aromatic carbocycles. The molecule has 0 amide bonds. The molecule has 3 aromatic heterocycles. The molecule has 3 nitrogen and oxygen atoms in total. The van der Waals surface area contributed by atoms with Crippen LogP contribution in [0.5, 0.6) is 0 Å². The van der Waals surface area contributed by atoms with Gasteiger partial charge in [-0.3, -0.25) is 0 Å². The first-order valence-electron chi connectivity index (χ1n) is 14.4. The summed E-state index contributed by atoms with van der Waals surface area (Å²) < 4.78 is 2.61. The SMILES string of the molecule is c1ccc(-c2nc(-c3ccc(-c4nc5ccccc5c5c4ccc4sc6ccccc6c45)cc3)c3ccccc3n2)cc1. The third-order valence-corrected chi connectivity index (χ3v) is 9.41. The van der Waals surface area contributed by atoms with Gasteiger partial charge in [0.05, 0.1) is 22.4 Å². The van der Waals surface area contributed by atoms with Crippen LogP contribution in [-0.4, -0.2) is 15.0 Å². The summed E-state index contributed by atoms with van der Waals surface area (Å²) in [6.07, 6.45) is 0. The number of para-hydroxylation sites is 2. The molecule has 0 radical (unpaired) electrons. The molecule has 9 aromatic rings. The van der Waals surface area contributed by atoms with E-state index in [0.717, 1.165) is 50.3 Å². The van der Waals surface area contributed by atoms with E-state index in [0.29, 0.717) is 0 Å². The zero-order valence-corrected chi connectivity index (χ0v) is 23.8. The maximum absolute atomic E-state index is 5.23. The molecule has 0 saturated carbocycles. The lowest BCUT2D eigenvalue weighted by Gasteiger charge is -2.13. The van der Waals surface area contributed by atoms with Gasteiger partial charge in [-0.1, -0.05) is 115 Å². The predicted octanol–water partition coefficient (Wildman–Crippen LogP) is 10.7. The maximum atomic E-state index is 5.23. The van der Waals surface area contributed by atoms with E-state index >= 15 is 0 Å². The first-order valence-corrected chi connectivity index (χ1v) is 15.2. The van der Waals surface area contributed by atoms with Crippen LogP contribution in [0.25, 0.3) is 86.7 Å². The minimum absolute atomic E-state index is 0.729. The van der Waals surface area contributed by atoms with Crippen LogP contribution < -0.4 is 0 Å². The highest BCUT2D eigenvalue weighted by Gasteiger charge is 2.17. The van der Waals surface area contributed by atoms with Crippen LogP contribution in [-0.2, 0) is 0 Å². The Labute approximate surface area is 251 Å². The molecule has 3 heterocycles. The van der Waals surface area contributed by atoms with Gasteiger partial charge in [0.25, 0.3) is 0 Å². The fourth-order valence-electron chi connectivity index (χ4n) is 6.28. The van der Waals surface area contributed by atoms with Crippen molar-refractivity contribution in [3.05, 3.63) is 140 Å². The number of pyridine rings is 1. The van der Waals surface area contributed by atoms with Crippen molar-refractivity contribution in [2.24, 2.45) is 0 Å². The van der Waals surface area contributed by atoms with Crippen molar-refractivity contribution in [2.45, 2.75) is 0 Å². The van der Waals surface area contributed by atoms with Gasteiger partial charge in [0.2, 0.25) is 0 Å². The zero-order chi connectivity index (χ0) is 28.3. The van der Waals surface area contributed by atoms with Gasteiger partial charge in [-0.25, -0.2) is 15.0 Å². The van der Waals surface area contributed by atoms with E-state index in [4.69, 9.17) is 15.0 Å². The average Bonchev–Trinajstić information content (AvgIpc) is 3.47. The molecular weight excluding hydrogens is 543 g/mol. The van der Waals surface area contributed by atoms with Gasteiger partial charge in [-0.05, 0) is 24.3 Å². The van der Waals surface area contributed by atoms with E-state index in [-0.39, 0.29) is 0 Å². The highest BCUT2D eigenvalue weighted by Crippen LogP contribution is 2.43. The number of thiophene rings is 1. The van der Waals surface area contributed by atoms with Gasteiger partial charge in [-0.2, -0.15) is 0 Å². The van der Waals surface area contributed by atoms with Crippen molar-refractivity contribution in [3.63, 3.8) is 0 Å². The quantitative estimate of drug-likeness (QED) is 0.200. The molecule has 0 atom stereocenters. The summed E-state index contributed by atoms with van der Waals surface area (Å²) in [7, 11) is 0. The number of hydrogen-bond donors (Lipinski definition) is 0. The number of aromatic nitrogens is 3. The van der Waals surface area contributed by atoms with Gasteiger partial charge >= 0.3 is 0 Å². The Morgan fingerprint density at radius 2 is 0.953 bits per heavy atom. The van der Waals surface area contributed by atoms with Gasteiger partial charge in [0.1, 0.15) is 0 Å². The van der Waals surface area contributed by atoms with Crippen molar-refractivity contribution < 1.29 is 0 Å². The van der Waals surface area contributed by atoms with Crippen molar-refractivity contribution in [3.8, 4) is 33.9 Å². The summed E-state index contributed by atoms with van der Waals surface area (Å²) in [4.78, 5) is 15.2. The molecular formula is C39H23N3S. The van der Waals surface area contributed by atoms with Gasteiger partial charge in [0.15, 0.2) is 5.82 Å². The summed E-state index contributed by atoms with van der Waals surface area (Å²) in [6, 6.07) is 48.8. The molecule has 0 aliphatic rings. The van der Waals surface area contributed by atoms with Gasteiger partial charge in [-0.15, -0.1) is 11.3 Å². The Kier molecular flexibility index (Phi) is 5.37. The normalized spacial score (nSPS) is 11.7. The lowest BCUT2D eigenvalue weighted by Crippen LogP contribution is -1.95. The van der Waals surface area contributed by atoms with Crippen LogP contribution >= 0.6 is 11.3 Å². The average molecular weight is 566 g/mol. The number of fused-ring (bicyclic) bond motifs is 8. The second-order valence-corrected chi connectivity index (χ2v) is 11.9. The fraction of sp³-hybridized carbons (Fsp3) is 0. The van der Waals surface area contributed by atoms with E-state index in [1.165, 1.54) is 36.3 Å². The van der Waals surface area contributed by atoms with Crippen LogP contribution in [0.15, 0.2) is 140 Å². The summed E-state index contributed by atoms with van der Waals surface area (Å²) in [6.45, 7) is 0. The molecule has 0 aliphatic carbocycles. The molecule has 9 rings (SSSR count). The van der Waals surface area contributed by atoms with Crippen LogP contribution in [0.2, 0.25) is 0 Å². The first kappa shape index (κ1) is 24.2. The van der Waals surface area contributed by atoms with Gasteiger partial charge < -0.3 is 0 Å². The number of rotatable bonds is 3.